The van der Waals surface area contributed by atoms with Gasteiger partial charge in [0.15, 0.2) is 0 Å². The van der Waals surface area contributed by atoms with E-state index in [1.807, 2.05) is 13.0 Å². The largest absolute Gasteiger partial charge is 0.373 e. The van der Waals surface area contributed by atoms with Crippen LogP contribution in [0, 0.1) is 12.8 Å². The van der Waals surface area contributed by atoms with E-state index in [0.717, 1.165) is 42.1 Å². The van der Waals surface area contributed by atoms with Crippen molar-refractivity contribution in [2.24, 2.45) is 17.4 Å². The molecule has 0 aliphatic heterocycles. The fraction of sp³-hybridized carbons (Fsp3) is 0.421. The number of amides is 2. The van der Waals surface area contributed by atoms with Crippen molar-refractivity contribution >= 4 is 39.7 Å². The van der Waals surface area contributed by atoms with Crippen LogP contribution in [0.4, 0.5) is 16.4 Å². The molecule has 2 aromatic rings. The number of nitrogens with zero attached hydrogens (tertiary/aromatic N) is 1. The van der Waals surface area contributed by atoms with Crippen molar-refractivity contribution in [1.82, 2.24) is 4.37 Å². The molecule has 1 heterocycles. The minimum absolute atomic E-state index is 0.229. The smallest absolute Gasteiger partial charge is 0.250 e. The summed E-state index contributed by atoms with van der Waals surface area (Å²) in [6, 6.07) is 6.66. The van der Waals surface area contributed by atoms with E-state index in [4.69, 9.17) is 11.5 Å². The SMILES string of the molecule is Cc1cc(Nc2cc(NC(C(N)=O)C3CCCCC3)ccc2C(N)=O)sn1. The molecule has 144 valence electrons. The highest BCUT2D eigenvalue weighted by Gasteiger charge is 2.28. The second kappa shape index (κ2) is 8.39. The van der Waals surface area contributed by atoms with Gasteiger partial charge in [0.25, 0.3) is 5.91 Å². The molecule has 3 rings (SSSR count). The van der Waals surface area contributed by atoms with Crippen LogP contribution in [0.3, 0.4) is 0 Å². The van der Waals surface area contributed by atoms with E-state index in [-0.39, 0.29) is 11.8 Å². The topological polar surface area (TPSA) is 123 Å². The summed E-state index contributed by atoms with van der Waals surface area (Å²) < 4.78 is 4.23. The Kier molecular flexibility index (Phi) is 5.95. The van der Waals surface area contributed by atoms with Crippen molar-refractivity contribution in [3.63, 3.8) is 0 Å². The Hall–Kier alpha value is -2.61. The molecular weight excluding hydrogens is 362 g/mol. The summed E-state index contributed by atoms with van der Waals surface area (Å²) in [6.45, 7) is 1.90. The average Bonchev–Trinajstić information content (AvgIpc) is 3.05. The predicted octanol–water partition coefficient (Wildman–Crippen LogP) is 3.14. The molecule has 1 aliphatic rings. The monoisotopic (exact) mass is 387 g/mol. The van der Waals surface area contributed by atoms with Crippen molar-refractivity contribution < 1.29 is 9.59 Å². The van der Waals surface area contributed by atoms with Gasteiger partial charge in [0.2, 0.25) is 5.91 Å². The van der Waals surface area contributed by atoms with E-state index in [0.29, 0.717) is 11.3 Å². The highest BCUT2D eigenvalue weighted by molar-refractivity contribution is 7.10. The van der Waals surface area contributed by atoms with Gasteiger partial charge >= 0.3 is 0 Å². The van der Waals surface area contributed by atoms with E-state index < -0.39 is 11.9 Å². The zero-order valence-electron chi connectivity index (χ0n) is 15.3. The maximum absolute atomic E-state index is 12.0. The molecule has 1 aromatic carbocycles. The quantitative estimate of drug-likeness (QED) is 0.581. The number of carbonyl (C=O) groups excluding carboxylic acids is 2. The van der Waals surface area contributed by atoms with Crippen molar-refractivity contribution in [3.8, 4) is 0 Å². The van der Waals surface area contributed by atoms with Gasteiger partial charge in [-0.2, -0.15) is 4.37 Å². The third-order valence-corrected chi connectivity index (χ3v) is 5.72. The van der Waals surface area contributed by atoms with Crippen LogP contribution >= 0.6 is 11.5 Å². The Morgan fingerprint density at radius 3 is 2.52 bits per heavy atom. The molecule has 0 saturated heterocycles. The van der Waals surface area contributed by atoms with Crippen LogP contribution in [-0.4, -0.2) is 22.2 Å². The van der Waals surface area contributed by atoms with Crippen LogP contribution in [0.1, 0.15) is 48.2 Å². The van der Waals surface area contributed by atoms with Gasteiger partial charge < -0.3 is 22.1 Å². The third-order valence-electron chi connectivity index (χ3n) is 4.92. The van der Waals surface area contributed by atoms with Crippen LogP contribution < -0.4 is 22.1 Å². The first-order chi connectivity index (χ1) is 12.9. The minimum atomic E-state index is -0.524. The molecule has 1 aliphatic carbocycles. The standard InChI is InChI=1S/C19H25N5O2S/c1-11-9-16(27-24-11)23-15-10-13(7-8-14(15)18(20)25)22-17(19(21)26)12-5-3-2-4-6-12/h7-10,12,17,22-23H,2-6H2,1H3,(H2,20,25)(H2,21,26). The number of hydrogen-bond donors (Lipinski definition) is 4. The number of nitrogens with one attached hydrogen (secondary N) is 2. The lowest BCUT2D eigenvalue weighted by atomic mass is 9.83. The summed E-state index contributed by atoms with van der Waals surface area (Å²) in [7, 11) is 0. The average molecular weight is 388 g/mol. The van der Waals surface area contributed by atoms with E-state index in [2.05, 4.69) is 15.0 Å². The van der Waals surface area contributed by atoms with E-state index in [9.17, 15) is 9.59 Å². The summed E-state index contributed by atoms with van der Waals surface area (Å²) in [6.07, 6.45) is 5.43. The number of rotatable bonds is 7. The molecule has 0 spiro atoms. The lowest BCUT2D eigenvalue weighted by Crippen LogP contribution is -2.42. The molecule has 2 amide bonds. The molecule has 1 aromatic heterocycles. The number of primary amides is 2. The maximum Gasteiger partial charge on any atom is 0.250 e. The van der Waals surface area contributed by atoms with Crippen LogP contribution in [0.2, 0.25) is 0 Å². The lowest BCUT2D eigenvalue weighted by Gasteiger charge is -2.29. The Bertz CT molecular complexity index is 829. The number of hydrogen-bond acceptors (Lipinski definition) is 6. The summed E-state index contributed by atoms with van der Waals surface area (Å²) in [5, 5.41) is 7.27. The first-order valence-electron chi connectivity index (χ1n) is 9.14. The number of benzene rings is 1. The molecule has 7 nitrogen and oxygen atoms in total. The van der Waals surface area contributed by atoms with Gasteiger partial charge in [0.05, 0.1) is 16.9 Å². The van der Waals surface area contributed by atoms with Crippen molar-refractivity contribution in [2.75, 3.05) is 10.6 Å². The van der Waals surface area contributed by atoms with Gasteiger partial charge in [-0.1, -0.05) is 19.3 Å². The molecular formula is C19H25N5O2S. The summed E-state index contributed by atoms with van der Waals surface area (Å²) in [5.41, 5.74) is 13.7. The van der Waals surface area contributed by atoms with Gasteiger partial charge in [-0.15, -0.1) is 0 Å². The summed E-state index contributed by atoms with van der Waals surface area (Å²) >= 11 is 1.30. The van der Waals surface area contributed by atoms with E-state index in [1.165, 1.54) is 18.0 Å². The maximum atomic E-state index is 12.0. The van der Waals surface area contributed by atoms with Gasteiger partial charge in [-0.25, -0.2) is 0 Å². The van der Waals surface area contributed by atoms with Crippen molar-refractivity contribution in [1.29, 1.82) is 0 Å². The zero-order chi connectivity index (χ0) is 19.4. The van der Waals surface area contributed by atoms with Gasteiger partial charge in [0.1, 0.15) is 11.0 Å². The number of anilines is 3. The molecule has 1 atom stereocenters. The van der Waals surface area contributed by atoms with Crippen LogP contribution in [0.25, 0.3) is 0 Å². The molecule has 0 radical (unpaired) electrons. The fourth-order valence-electron chi connectivity index (χ4n) is 3.58. The molecule has 27 heavy (non-hydrogen) atoms. The number of nitrogens with two attached hydrogens (primary N) is 2. The zero-order valence-corrected chi connectivity index (χ0v) is 16.1. The molecule has 1 fully saturated rings. The van der Waals surface area contributed by atoms with Crippen molar-refractivity contribution in [3.05, 3.63) is 35.5 Å². The summed E-state index contributed by atoms with van der Waals surface area (Å²) in [4.78, 5) is 23.8. The van der Waals surface area contributed by atoms with Crippen LogP contribution in [-0.2, 0) is 4.79 Å². The second-order valence-electron chi connectivity index (χ2n) is 7.00. The first-order valence-corrected chi connectivity index (χ1v) is 9.91. The Morgan fingerprint density at radius 2 is 1.93 bits per heavy atom. The minimum Gasteiger partial charge on any atom is -0.373 e. The first kappa shape index (κ1) is 19.2. The lowest BCUT2D eigenvalue weighted by molar-refractivity contribution is -0.120. The van der Waals surface area contributed by atoms with Gasteiger partial charge in [-0.05, 0) is 61.5 Å². The van der Waals surface area contributed by atoms with Gasteiger partial charge in [-0.3, -0.25) is 9.59 Å². The highest BCUT2D eigenvalue weighted by Crippen LogP contribution is 2.31. The van der Waals surface area contributed by atoms with Crippen LogP contribution in [0.15, 0.2) is 24.3 Å². The Balaban J connectivity index is 1.85. The second-order valence-corrected chi connectivity index (χ2v) is 7.81. The fourth-order valence-corrected chi connectivity index (χ4v) is 4.25. The number of aryl methyl sites for hydroxylation is 1. The molecule has 0 bridgehead atoms. The van der Waals surface area contributed by atoms with E-state index in [1.54, 1.807) is 18.2 Å². The Labute approximate surface area is 162 Å². The molecule has 6 N–H and O–H groups in total. The predicted molar refractivity (Wildman–Crippen MR) is 108 cm³/mol. The molecule has 1 unspecified atom stereocenters. The third kappa shape index (κ3) is 4.77. The molecule has 8 heteroatoms. The normalized spacial score (nSPS) is 15.9. The Morgan fingerprint density at radius 1 is 1.19 bits per heavy atom. The number of carbonyl (C=O) groups is 2. The van der Waals surface area contributed by atoms with Crippen LogP contribution in [0.5, 0.6) is 0 Å². The number of aromatic nitrogens is 1. The van der Waals surface area contributed by atoms with E-state index >= 15 is 0 Å². The highest BCUT2D eigenvalue weighted by atomic mass is 32.1. The summed E-state index contributed by atoms with van der Waals surface area (Å²) in [5.74, 6) is -0.648. The van der Waals surface area contributed by atoms with Gasteiger partial charge in [0, 0.05) is 5.69 Å². The van der Waals surface area contributed by atoms with Crippen molar-refractivity contribution in [2.45, 2.75) is 45.1 Å². The molecule has 1 saturated carbocycles.